The van der Waals surface area contributed by atoms with Crippen molar-refractivity contribution in [2.24, 2.45) is 11.1 Å². The fourth-order valence-corrected chi connectivity index (χ4v) is 2.86. The maximum atomic E-state index is 12.2. The molecule has 0 amide bonds. The van der Waals surface area contributed by atoms with Crippen LogP contribution in [0.1, 0.15) is 51.9 Å². The van der Waals surface area contributed by atoms with Gasteiger partial charge in [-0.15, -0.1) is 0 Å². The molecule has 1 saturated carbocycles. The summed E-state index contributed by atoms with van der Waals surface area (Å²) < 4.78 is 36.5. The molecule has 0 radical (unpaired) electrons. The number of alkyl halides is 3. The lowest BCUT2D eigenvalue weighted by atomic mass is 9.72. The second kappa shape index (κ2) is 6.75. The molecule has 108 valence electrons. The summed E-state index contributed by atoms with van der Waals surface area (Å²) in [6.07, 6.45) is 1.97. The lowest BCUT2D eigenvalue weighted by molar-refractivity contribution is -0.139. The Hall–Kier alpha value is -0.290. The maximum absolute atomic E-state index is 12.2. The molecular weight excluding hydrogens is 241 g/mol. The first-order chi connectivity index (χ1) is 8.37. The van der Waals surface area contributed by atoms with Crippen LogP contribution < -0.4 is 11.1 Å². The van der Waals surface area contributed by atoms with E-state index in [0.717, 1.165) is 19.3 Å². The van der Waals surface area contributed by atoms with Gasteiger partial charge in [-0.25, -0.2) is 0 Å². The number of nitrogens with two attached hydrogens (primary N) is 1. The van der Waals surface area contributed by atoms with Crippen molar-refractivity contribution in [3.8, 4) is 0 Å². The van der Waals surface area contributed by atoms with Crippen molar-refractivity contribution in [3.63, 3.8) is 0 Å². The molecule has 1 rings (SSSR count). The Morgan fingerprint density at radius 1 is 1.22 bits per heavy atom. The lowest BCUT2D eigenvalue weighted by Crippen LogP contribution is -2.38. The van der Waals surface area contributed by atoms with Gasteiger partial charge in [-0.1, -0.05) is 19.3 Å². The lowest BCUT2D eigenvalue weighted by Gasteiger charge is -2.36. The van der Waals surface area contributed by atoms with Gasteiger partial charge in [0, 0.05) is 6.04 Å². The summed E-state index contributed by atoms with van der Waals surface area (Å²) in [5, 5.41) is 2.97. The molecule has 0 saturated heterocycles. The summed E-state index contributed by atoms with van der Waals surface area (Å²) in [7, 11) is 0. The normalized spacial score (nSPS) is 21.8. The van der Waals surface area contributed by atoms with Crippen molar-refractivity contribution in [1.82, 2.24) is 5.32 Å². The fraction of sp³-hybridized carbons (Fsp3) is 1.00. The third-order valence-electron chi connectivity index (χ3n) is 4.03. The van der Waals surface area contributed by atoms with E-state index in [9.17, 15) is 13.2 Å². The molecule has 0 bridgehead atoms. The zero-order chi connectivity index (χ0) is 13.6. The van der Waals surface area contributed by atoms with Crippen LogP contribution in [0.5, 0.6) is 0 Å². The summed E-state index contributed by atoms with van der Waals surface area (Å²) in [5.41, 5.74) is 6.02. The van der Waals surface area contributed by atoms with E-state index in [1.54, 1.807) is 6.92 Å². The highest BCUT2D eigenvalue weighted by molar-refractivity contribution is 4.84. The van der Waals surface area contributed by atoms with Crippen LogP contribution in [-0.4, -0.2) is 25.3 Å². The third kappa shape index (κ3) is 5.57. The first kappa shape index (κ1) is 15.8. The molecule has 18 heavy (non-hydrogen) atoms. The second-order valence-corrected chi connectivity index (χ2v) is 5.69. The minimum absolute atomic E-state index is 0.170. The van der Waals surface area contributed by atoms with Crippen LogP contribution in [0.25, 0.3) is 0 Å². The number of hydrogen-bond acceptors (Lipinski definition) is 2. The van der Waals surface area contributed by atoms with E-state index in [0.29, 0.717) is 13.1 Å². The Morgan fingerprint density at radius 2 is 1.83 bits per heavy atom. The molecule has 1 aliphatic rings. The van der Waals surface area contributed by atoms with Gasteiger partial charge < -0.3 is 11.1 Å². The van der Waals surface area contributed by atoms with Crippen LogP contribution in [0.4, 0.5) is 13.2 Å². The SMILES string of the molecule is CC(CC(F)(F)F)NCCC1(CN)CCCCC1. The standard InChI is InChI=1S/C13H25F3N2/c1-11(9-13(14,15)16)18-8-7-12(10-17)5-3-2-4-6-12/h11,18H,2-10,17H2,1H3. The van der Waals surface area contributed by atoms with E-state index in [2.05, 4.69) is 5.32 Å². The molecule has 5 heteroatoms. The number of rotatable bonds is 6. The van der Waals surface area contributed by atoms with E-state index < -0.39 is 18.6 Å². The molecule has 0 aromatic carbocycles. The monoisotopic (exact) mass is 266 g/mol. The highest BCUT2D eigenvalue weighted by Gasteiger charge is 2.32. The van der Waals surface area contributed by atoms with Crippen molar-refractivity contribution < 1.29 is 13.2 Å². The van der Waals surface area contributed by atoms with Gasteiger partial charge in [-0.2, -0.15) is 13.2 Å². The molecule has 0 aliphatic heterocycles. The summed E-state index contributed by atoms with van der Waals surface area (Å²) in [6.45, 7) is 2.88. The topological polar surface area (TPSA) is 38.0 Å². The molecule has 2 nitrogen and oxygen atoms in total. The zero-order valence-electron chi connectivity index (χ0n) is 11.2. The van der Waals surface area contributed by atoms with Crippen molar-refractivity contribution in [2.45, 2.75) is 64.1 Å². The van der Waals surface area contributed by atoms with Crippen LogP contribution in [0.2, 0.25) is 0 Å². The van der Waals surface area contributed by atoms with Crippen LogP contribution in [0.3, 0.4) is 0 Å². The van der Waals surface area contributed by atoms with Crippen LogP contribution in [0.15, 0.2) is 0 Å². The number of halogens is 3. The Kier molecular flexibility index (Phi) is 5.92. The van der Waals surface area contributed by atoms with Gasteiger partial charge in [-0.05, 0) is 44.7 Å². The zero-order valence-corrected chi connectivity index (χ0v) is 11.2. The molecule has 0 aromatic heterocycles. The Labute approximate surface area is 107 Å². The largest absolute Gasteiger partial charge is 0.390 e. The first-order valence-electron chi connectivity index (χ1n) is 6.87. The summed E-state index contributed by atoms with van der Waals surface area (Å²) in [6, 6.07) is -0.511. The highest BCUT2D eigenvalue weighted by atomic mass is 19.4. The van der Waals surface area contributed by atoms with Crippen molar-refractivity contribution in [2.75, 3.05) is 13.1 Å². The maximum Gasteiger partial charge on any atom is 0.390 e. The average molecular weight is 266 g/mol. The molecule has 1 atom stereocenters. The molecule has 1 unspecified atom stereocenters. The van der Waals surface area contributed by atoms with Gasteiger partial charge in [0.05, 0.1) is 6.42 Å². The van der Waals surface area contributed by atoms with Gasteiger partial charge in [0.1, 0.15) is 0 Å². The summed E-state index contributed by atoms with van der Waals surface area (Å²) in [4.78, 5) is 0. The predicted molar refractivity (Wildman–Crippen MR) is 67.3 cm³/mol. The predicted octanol–water partition coefficient (Wildman–Crippen LogP) is 3.22. The van der Waals surface area contributed by atoms with Crippen molar-refractivity contribution in [3.05, 3.63) is 0 Å². The van der Waals surface area contributed by atoms with Gasteiger partial charge in [-0.3, -0.25) is 0 Å². The van der Waals surface area contributed by atoms with Crippen LogP contribution in [0, 0.1) is 5.41 Å². The Bertz CT molecular complexity index is 235. The Balaban J connectivity index is 2.27. The average Bonchev–Trinajstić information content (AvgIpc) is 2.28. The molecule has 0 aromatic rings. The summed E-state index contributed by atoms with van der Waals surface area (Å²) in [5.74, 6) is 0. The van der Waals surface area contributed by atoms with E-state index in [-0.39, 0.29) is 5.41 Å². The van der Waals surface area contributed by atoms with Gasteiger partial charge in [0.25, 0.3) is 0 Å². The smallest absolute Gasteiger partial charge is 0.330 e. The molecular formula is C13H25F3N2. The van der Waals surface area contributed by atoms with E-state index in [1.165, 1.54) is 19.3 Å². The minimum Gasteiger partial charge on any atom is -0.330 e. The highest BCUT2D eigenvalue weighted by Crippen LogP contribution is 2.38. The Morgan fingerprint density at radius 3 is 2.33 bits per heavy atom. The second-order valence-electron chi connectivity index (χ2n) is 5.69. The fourth-order valence-electron chi connectivity index (χ4n) is 2.86. The van der Waals surface area contributed by atoms with E-state index >= 15 is 0 Å². The molecule has 3 N–H and O–H groups in total. The number of nitrogens with one attached hydrogen (secondary N) is 1. The quantitative estimate of drug-likeness (QED) is 0.774. The number of hydrogen-bond donors (Lipinski definition) is 2. The van der Waals surface area contributed by atoms with Crippen molar-refractivity contribution >= 4 is 0 Å². The summed E-state index contributed by atoms with van der Waals surface area (Å²) >= 11 is 0. The van der Waals surface area contributed by atoms with Crippen LogP contribution >= 0.6 is 0 Å². The first-order valence-corrected chi connectivity index (χ1v) is 6.87. The van der Waals surface area contributed by atoms with Gasteiger partial charge in [0.15, 0.2) is 0 Å². The molecule has 1 fully saturated rings. The van der Waals surface area contributed by atoms with E-state index in [1.807, 2.05) is 0 Å². The van der Waals surface area contributed by atoms with Gasteiger partial charge >= 0.3 is 6.18 Å². The molecule has 1 aliphatic carbocycles. The molecule has 0 heterocycles. The molecule has 0 spiro atoms. The minimum atomic E-state index is -4.08. The van der Waals surface area contributed by atoms with Crippen molar-refractivity contribution in [1.29, 1.82) is 0 Å². The van der Waals surface area contributed by atoms with Crippen LogP contribution in [-0.2, 0) is 0 Å². The van der Waals surface area contributed by atoms with Gasteiger partial charge in [0.2, 0.25) is 0 Å². The van der Waals surface area contributed by atoms with E-state index in [4.69, 9.17) is 5.73 Å². The third-order valence-corrected chi connectivity index (χ3v) is 4.03.